The second kappa shape index (κ2) is 7.23. The van der Waals surface area contributed by atoms with Gasteiger partial charge in [-0.2, -0.15) is 5.10 Å². The molecule has 0 bridgehead atoms. The predicted octanol–water partition coefficient (Wildman–Crippen LogP) is 2.85. The van der Waals surface area contributed by atoms with Crippen LogP contribution in [0.3, 0.4) is 0 Å². The molecule has 1 heterocycles. The van der Waals surface area contributed by atoms with Gasteiger partial charge < -0.3 is 15.2 Å². The highest BCUT2D eigenvalue weighted by Gasteiger charge is 2.15. The lowest BCUT2D eigenvalue weighted by Crippen LogP contribution is -2.17. The molecule has 124 valence electrons. The average Bonchev–Trinajstić information content (AvgIpc) is 2.81. The maximum Gasteiger partial charge on any atom is 0.271 e. The van der Waals surface area contributed by atoms with Crippen molar-refractivity contribution in [3.63, 3.8) is 0 Å². The second-order valence-corrected chi connectivity index (χ2v) is 5.61. The fourth-order valence-electron chi connectivity index (χ4n) is 2.19. The van der Waals surface area contributed by atoms with Gasteiger partial charge >= 0.3 is 0 Å². The Kier molecular flexibility index (Phi) is 4.86. The van der Waals surface area contributed by atoms with Crippen LogP contribution >= 0.6 is 11.6 Å². The average molecular weight is 346 g/mol. The number of nitrogens with one attached hydrogen (secondary N) is 1. The Morgan fingerprint density at radius 1 is 1.21 bits per heavy atom. The summed E-state index contributed by atoms with van der Waals surface area (Å²) in [5, 5.41) is 4.39. The number of anilines is 1. The molecule has 3 rings (SSSR count). The maximum absolute atomic E-state index is 12.0. The summed E-state index contributed by atoms with van der Waals surface area (Å²) in [4.78, 5) is 12.0. The number of hydrogen-bond donors (Lipinski definition) is 2. The molecule has 0 unspecified atom stereocenters. The number of hydrazone groups is 1. The second-order valence-electron chi connectivity index (χ2n) is 5.20. The first kappa shape index (κ1) is 16.1. The summed E-state index contributed by atoms with van der Waals surface area (Å²) in [5.41, 5.74) is 9.80. The molecule has 2 aromatic rings. The predicted molar refractivity (Wildman–Crippen MR) is 93.0 cm³/mol. The number of rotatable bonds is 3. The topological polar surface area (TPSA) is 85.9 Å². The third-order valence-corrected chi connectivity index (χ3v) is 3.66. The zero-order chi connectivity index (χ0) is 16.9. The first-order chi connectivity index (χ1) is 11.6. The van der Waals surface area contributed by atoms with E-state index in [2.05, 4.69) is 10.5 Å². The summed E-state index contributed by atoms with van der Waals surface area (Å²) < 4.78 is 11.2. The summed E-state index contributed by atoms with van der Waals surface area (Å²) >= 11 is 6.21. The molecular formula is C17H16ClN3O3. The van der Waals surface area contributed by atoms with Gasteiger partial charge in [-0.25, -0.2) is 5.43 Å². The Morgan fingerprint density at radius 3 is 2.75 bits per heavy atom. The number of fused-ring (bicyclic) bond motifs is 1. The van der Waals surface area contributed by atoms with Crippen LogP contribution in [0.2, 0.25) is 5.02 Å². The van der Waals surface area contributed by atoms with Crippen LogP contribution in [0.25, 0.3) is 0 Å². The van der Waals surface area contributed by atoms with E-state index in [9.17, 15) is 4.79 Å². The molecule has 0 spiro atoms. The van der Waals surface area contributed by atoms with Crippen LogP contribution in [0.1, 0.15) is 22.3 Å². The van der Waals surface area contributed by atoms with Crippen molar-refractivity contribution in [3.05, 3.63) is 52.5 Å². The van der Waals surface area contributed by atoms with Gasteiger partial charge in [0.1, 0.15) is 0 Å². The van der Waals surface area contributed by atoms with E-state index in [1.807, 2.05) is 0 Å². The van der Waals surface area contributed by atoms with E-state index in [4.69, 9.17) is 26.8 Å². The maximum atomic E-state index is 12.0. The van der Waals surface area contributed by atoms with Gasteiger partial charge in [-0.15, -0.1) is 0 Å². The molecule has 1 amide bonds. The molecule has 24 heavy (non-hydrogen) atoms. The minimum absolute atomic E-state index is 0.327. The van der Waals surface area contributed by atoms with Crippen molar-refractivity contribution in [1.82, 2.24) is 5.43 Å². The zero-order valence-corrected chi connectivity index (χ0v) is 13.5. The number of carbonyl (C=O) groups is 1. The number of nitrogens with zero attached hydrogens (tertiary/aromatic N) is 1. The number of nitrogens with two attached hydrogens (primary N) is 1. The van der Waals surface area contributed by atoms with E-state index in [1.165, 1.54) is 6.21 Å². The van der Waals surface area contributed by atoms with Gasteiger partial charge in [0.05, 0.1) is 24.5 Å². The smallest absolute Gasteiger partial charge is 0.271 e. The molecule has 7 heteroatoms. The quantitative estimate of drug-likeness (QED) is 0.509. The van der Waals surface area contributed by atoms with E-state index in [0.29, 0.717) is 46.5 Å². The molecule has 0 radical (unpaired) electrons. The van der Waals surface area contributed by atoms with Crippen molar-refractivity contribution in [1.29, 1.82) is 0 Å². The van der Waals surface area contributed by atoms with Gasteiger partial charge in [-0.05, 0) is 42.0 Å². The molecule has 0 fully saturated rings. The van der Waals surface area contributed by atoms with Gasteiger partial charge in [-0.1, -0.05) is 11.6 Å². The van der Waals surface area contributed by atoms with Crippen LogP contribution in [0.15, 0.2) is 41.5 Å². The minimum Gasteiger partial charge on any atom is -0.489 e. The van der Waals surface area contributed by atoms with Gasteiger partial charge in [0.25, 0.3) is 5.91 Å². The van der Waals surface area contributed by atoms with Crippen molar-refractivity contribution < 1.29 is 14.3 Å². The number of halogens is 1. The number of nitrogen functional groups attached to an aromatic ring is 1. The SMILES string of the molecule is Nc1ccc(C(=O)N/N=C\c2cc(Cl)c3c(c2)OCCCO3)cc1. The Balaban J connectivity index is 1.70. The lowest BCUT2D eigenvalue weighted by Gasteiger charge is -2.09. The minimum atomic E-state index is -0.327. The lowest BCUT2D eigenvalue weighted by atomic mass is 10.2. The number of carbonyl (C=O) groups excluding carboxylic acids is 1. The third-order valence-electron chi connectivity index (χ3n) is 3.38. The number of benzene rings is 2. The highest BCUT2D eigenvalue weighted by Crippen LogP contribution is 2.37. The van der Waals surface area contributed by atoms with Crippen LogP contribution in [-0.4, -0.2) is 25.3 Å². The fraction of sp³-hybridized carbons (Fsp3) is 0.176. The summed E-state index contributed by atoms with van der Waals surface area (Å²) in [6, 6.07) is 10.0. The van der Waals surface area contributed by atoms with Crippen LogP contribution in [0.5, 0.6) is 11.5 Å². The number of amides is 1. The molecule has 1 aliphatic heterocycles. The number of ether oxygens (including phenoxy) is 2. The third kappa shape index (κ3) is 3.78. The molecule has 0 saturated heterocycles. The highest BCUT2D eigenvalue weighted by molar-refractivity contribution is 6.32. The summed E-state index contributed by atoms with van der Waals surface area (Å²) in [6.45, 7) is 1.13. The molecule has 0 atom stereocenters. The summed E-state index contributed by atoms with van der Waals surface area (Å²) in [5.74, 6) is 0.787. The molecule has 0 aliphatic carbocycles. The largest absolute Gasteiger partial charge is 0.489 e. The van der Waals surface area contributed by atoms with E-state index in [-0.39, 0.29) is 5.91 Å². The van der Waals surface area contributed by atoms with Gasteiger partial charge in [-0.3, -0.25) is 4.79 Å². The molecule has 1 aliphatic rings. The molecule has 2 aromatic carbocycles. The van der Waals surface area contributed by atoms with Crippen LogP contribution in [0, 0.1) is 0 Å². The van der Waals surface area contributed by atoms with Gasteiger partial charge in [0.2, 0.25) is 0 Å². The van der Waals surface area contributed by atoms with Gasteiger partial charge in [0.15, 0.2) is 11.5 Å². The molecule has 3 N–H and O–H groups in total. The van der Waals surface area contributed by atoms with Crippen molar-refractivity contribution in [2.45, 2.75) is 6.42 Å². The number of hydrogen-bond acceptors (Lipinski definition) is 5. The first-order valence-corrected chi connectivity index (χ1v) is 7.79. The Hall–Kier alpha value is -2.73. The Morgan fingerprint density at radius 2 is 1.96 bits per heavy atom. The molecule has 0 aromatic heterocycles. The Labute approximate surface area is 144 Å². The van der Waals surface area contributed by atoms with Crippen LogP contribution in [-0.2, 0) is 0 Å². The first-order valence-electron chi connectivity index (χ1n) is 7.41. The zero-order valence-electron chi connectivity index (χ0n) is 12.8. The van der Waals surface area contributed by atoms with Crippen molar-refractivity contribution in [2.24, 2.45) is 5.10 Å². The molecule has 6 nitrogen and oxygen atoms in total. The highest BCUT2D eigenvalue weighted by atomic mass is 35.5. The summed E-state index contributed by atoms with van der Waals surface area (Å²) in [7, 11) is 0. The molecular weight excluding hydrogens is 330 g/mol. The standard InChI is InChI=1S/C17H16ClN3O3/c18-14-8-11(9-15-16(14)24-7-1-6-23-15)10-20-21-17(22)12-2-4-13(19)5-3-12/h2-5,8-10H,1,6-7,19H2,(H,21,22)/b20-10-. The van der Waals surface area contributed by atoms with Crippen LogP contribution < -0.4 is 20.6 Å². The fourth-order valence-corrected chi connectivity index (χ4v) is 2.46. The van der Waals surface area contributed by atoms with E-state index in [1.54, 1.807) is 36.4 Å². The Bertz CT molecular complexity index is 775. The van der Waals surface area contributed by atoms with E-state index >= 15 is 0 Å². The van der Waals surface area contributed by atoms with Crippen molar-refractivity contribution >= 4 is 29.4 Å². The molecule has 0 saturated carbocycles. The van der Waals surface area contributed by atoms with Crippen molar-refractivity contribution in [3.8, 4) is 11.5 Å². The normalized spacial score (nSPS) is 13.5. The summed E-state index contributed by atoms with van der Waals surface area (Å²) in [6.07, 6.45) is 2.29. The van der Waals surface area contributed by atoms with Gasteiger partial charge in [0, 0.05) is 17.7 Å². The lowest BCUT2D eigenvalue weighted by molar-refractivity contribution is 0.0955. The van der Waals surface area contributed by atoms with Crippen LogP contribution in [0.4, 0.5) is 5.69 Å². The van der Waals surface area contributed by atoms with E-state index in [0.717, 1.165) is 6.42 Å². The van der Waals surface area contributed by atoms with E-state index < -0.39 is 0 Å². The monoisotopic (exact) mass is 345 g/mol. The van der Waals surface area contributed by atoms with Crippen molar-refractivity contribution in [2.75, 3.05) is 18.9 Å².